The van der Waals surface area contributed by atoms with Crippen LogP contribution in [0.5, 0.6) is 0 Å². The zero-order chi connectivity index (χ0) is 12.1. The Morgan fingerprint density at radius 1 is 1.24 bits per heavy atom. The smallest absolute Gasteiger partial charge is 0.140 e. The van der Waals surface area contributed by atoms with Gasteiger partial charge in [-0.3, -0.25) is 4.79 Å². The van der Waals surface area contributed by atoms with Crippen LogP contribution in [-0.4, -0.2) is 5.78 Å². The number of carbonyl (C=O) groups excluding carboxylic acids is 1. The van der Waals surface area contributed by atoms with Crippen molar-refractivity contribution < 1.29 is 4.79 Å². The Bertz CT molecular complexity index is 406. The first kappa shape index (κ1) is 12.1. The quantitative estimate of drug-likeness (QED) is 0.564. The molecule has 0 heterocycles. The molecule has 1 aliphatic carbocycles. The van der Waals surface area contributed by atoms with E-state index in [1.54, 1.807) is 0 Å². The van der Waals surface area contributed by atoms with E-state index in [1.165, 1.54) is 24.0 Å². The van der Waals surface area contributed by atoms with Crippen molar-refractivity contribution in [1.82, 2.24) is 0 Å². The molecule has 1 heteroatoms. The lowest BCUT2D eigenvalue weighted by molar-refractivity contribution is -0.120. The number of hydrogen-bond donors (Lipinski definition) is 0. The molecule has 0 bridgehead atoms. The Labute approximate surface area is 104 Å². The second kappa shape index (κ2) is 5.81. The first-order valence-corrected chi connectivity index (χ1v) is 6.54. The first-order chi connectivity index (χ1) is 8.33. The molecule has 1 atom stereocenters. The third kappa shape index (κ3) is 2.85. The van der Waals surface area contributed by atoms with Gasteiger partial charge in [-0.2, -0.15) is 0 Å². The van der Waals surface area contributed by atoms with E-state index >= 15 is 0 Å². The average molecular weight is 228 g/mol. The summed E-state index contributed by atoms with van der Waals surface area (Å²) in [6, 6.07) is 8.32. The number of carbonyl (C=O) groups is 1. The lowest BCUT2D eigenvalue weighted by atomic mass is 9.86. The monoisotopic (exact) mass is 228 g/mol. The molecule has 17 heavy (non-hydrogen) atoms. The van der Waals surface area contributed by atoms with E-state index in [-0.39, 0.29) is 5.92 Å². The van der Waals surface area contributed by atoms with Crippen molar-refractivity contribution in [2.24, 2.45) is 0 Å². The fourth-order valence-electron chi connectivity index (χ4n) is 2.70. The molecule has 2 rings (SSSR count). The molecule has 1 nitrogen and oxygen atoms in total. The Kier molecular flexibility index (Phi) is 4.13. The lowest BCUT2D eigenvalue weighted by Crippen LogP contribution is -2.12. The number of rotatable bonds is 3. The summed E-state index contributed by atoms with van der Waals surface area (Å²) in [5, 5.41) is 0. The largest absolute Gasteiger partial charge is 0.299 e. The van der Waals surface area contributed by atoms with Crippen molar-refractivity contribution in [2.45, 2.75) is 44.4 Å². The van der Waals surface area contributed by atoms with Crippen LogP contribution in [0.4, 0.5) is 0 Å². The van der Waals surface area contributed by atoms with E-state index in [1.807, 2.05) is 18.2 Å². The van der Waals surface area contributed by atoms with Crippen molar-refractivity contribution in [1.29, 1.82) is 0 Å². The molecule has 0 spiro atoms. The second-order valence-corrected chi connectivity index (χ2v) is 4.81. The third-order valence-electron chi connectivity index (χ3n) is 3.60. The molecule has 0 amide bonds. The molecule has 1 fully saturated rings. The van der Waals surface area contributed by atoms with Crippen molar-refractivity contribution in [3.8, 4) is 0 Å². The maximum absolute atomic E-state index is 12.1. The van der Waals surface area contributed by atoms with Crippen LogP contribution in [0.1, 0.15) is 49.1 Å². The summed E-state index contributed by atoms with van der Waals surface area (Å²) in [6.07, 6.45) is 8.00. The van der Waals surface area contributed by atoms with Gasteiger partial charge in [-0.1, -0.05) is 43.2 Å². The van der Waals surface area contributed by atoms with Gasteiger partial charge < -0.3 is 0 Å². The molecule has 0 saturated heterocycles. The van der Waals surface area contributed by atoms with E-state index in [0.29, 0.717) is 5.78 Å². The number of Topliss-reactive ketones (excluding diaryl/α,β-unsaturated/α-hetero) is 1. The fourth-order valence-corrected chi connectivity index (χ4v) is 2.70. The standard InChI is InChI=1S/C16H20O/c1-2-8-13-9-6-7-10-14(13)15-11-4-3-5-12-16(15)17/h2,6-7,9-10,15H,1,3-5,8,11-12H2. The van der Waals surface area contributed by atoms with E-state index in [0.717, 1.165) is 25.7 Å². The maximum atomic E-state index is 12.1. The number of benzene rings is 1. The summed E-state index contributed by atoms with van der Waals surface area (Å²) in [4.78, 5) is 12.1. The number of hydrogen-bond acceptors (Lipinski definition) is 1. The van der Waals surface area contributed by atoms with Gasteiger partial charge in [0, 0.05) is 12.3 Å². The molecule has 1 aliphatic rings. The minimum Gasteiger partial charge on any atom is -0.299 e. The molecule has 1 aromatic rings. The Balaban J connectivity index is 2.30. The first-order valence-electron chi connectivity index (χ1n) is 6.54. The van der Waals surface area contributed by atoms with Gasteiger partial charge in [0.1, 0.15) is 5.78 Å². The highest BCUT2D eigenvalue weighted by atomic mass is 16.1. The maximum Gasteiger partial charge on any atom is 0.140 e. The summed E-state index contributed by atoms with van der Waals surface area (Å²) in [6.45, 7) is 3.79. The summed E-state index contributed by atoms with van der Waals surface area (Å²) in [5.74, 6) is 0.563. The molecule has 0 radical (unpaired) electrons. The van der Waals surface area contributed by atoms with Gasteiger partial charge in [0.05, 0.1) is 0 Å². The molecular weight excluding hydrogens is 208 g/mol. The molecule has 1 saturated carbocycles. The van der Waals surface area contributed by atoms with Crippen LogP contribution in [0.15, 0.2) is 36.9 Å². The van der Waals surface area contributed by atoms with Crippen molar-refractivity contribution in [3.05, 3.63) is 48.0 Å². The zero-order valence-electron chi connectivity index (χ0n) is 10.3. The third-order valence-corrected chi connectivity index (χ3v) is 3.60. The minimum atomic E-state index is 0.133. The van der Waals surface area contributed by atoms with Gasteiger partial charge in [0.15, 0.2) is 0 Å². The SMILES string of the molecule is C=CCc1ccccc1C1CCCCCC1=O. The van der Waals surface area contributed by atoms with Gasteiger partial charge in [0.25, 0.3) is 0 Å². The van der Waals surface area contributed by atoms with Crippen LogP contribution in [0.3, 0.4) is 0 Å². The van der Waals surface area contributed by atoms with Crippen LogP contribution >= 0.6 is 0 Å². The summed E-state index contributed by atoms with van der Waals surface area (Å²) < 4.78 is 0. The predicted molar refractivity (Wildman–Crippen MR) is 71.2 cm³/mol. The normalized spacial score (nSPS) is 20.9. The van der Waals surface area contributed by atoms with Crippen LogP contribution < -0.4 is 0 Å². The predicted octanol–water partition coefficient (Wildman–Crippen LogP) is 4.03. The van der Waals surface area contributed by atoms with Crippen LogP contribution in [0.2, 0.25) is 0 Å². The molecule has 1 aromatic carbocycles. The lowest BCUT2D eigenvalue weighted by Gasteiger charge is -2.17. The minimum absolute atomic E-state index is 0.133. The van der Waals surface area contributed by atoms with Crippen molar-refractivity contribution >= 4 is 5.78 Å². The van der Waals surface area contributed by atoms with E-state index in [9.17, 15) is 4.79 Å². The Morgan fingerprint density at radius 3 is 2.88 bits per heavy atom. The Hall–Kier alpha value is -1.37. The zero-order valence-corrected chi connectivity index (χ0v) is 10.3. The average Bonchev–Trinajstić information content (AvgIpc) is 2.55. The van der Waals surface area contributed by atoms with Crippen LogP contribution in [0, 0.1) is 0 Å². The fraction of sp³-hybridized carbons (Fsp3) is 0.438. The highest BCUT2D eigenvalue weighted by Crippen LogP contribution is 2.31. The molecule has 0 aromatic heterocycles. The van der Waals surface area contributed by atoms with Gasteiger partial charge in [-0.15, -0.1) is 6.58 Å². The van der Waals surface area contributed by atoms with E-state index in [4.69, 9.17) is 0 Å². The molecular formula is C16H20O. The second-order valence-electron chi connectivity index (χ2n) is 4.81. The van der Waals surface area contributed by atoms with E-state index < -0.39 is 0 Å². The molecule has 0 N–H and O–H groups in total. The summed E-state index contributed by atoms with van der Waals surface area (Å²) >= 11 is 0. The number of ketones is 1. The summed E-state index contributed by atoms with van der Waals surface area (Å²) in [7, 11) is 0. The van der Waals surface area contributed by atoms with E-state index in [2.05, 4.69) is 18.7 Å². The molecule has 90 valence electrons. The molecule has 0 aliphatic heterocycles. The van der Waals surface area contributed by atoms with Gasteiger partial charge >= 0.3 is 0 Å². The highest BCUT2D eigenvalue weighted by Gasteiger charge is 2.23. The molecule has 1 unspecified atom stereocenters. The van der Waals surface area contributed by atoms with Gasteiger partial charge in [-0.25, -0.2) is 0 Å². The van der Waals surface area contributed by atoms with Crippen LogP contribution in [-0.2, 0) is 11.2 Å². The topological polar surface area (TPSA) is 17.1 Å². The highest BCUT2D eigenvalue weighted by molar-refractivity contribution is 5.86. The van der Waals surface area contributed by atoms with Crippen LogP contribution in [0.25, 0.3) is 0 Å². The van der Waals surface area contributed by atoms with Crippen molar-refractivity contribution in [3.63, 3.8) is 0 Å². The number of allylic oxidation sites excluding steroid dienone is 1. The van der Waals surface area contributed by atoms with Gasteiger partial charge in [-0.05, 0) is 30.4 Å². The van der Waals surface area contributed by atoms with Crippen molar-refractivity contribution in [2.75, 3.05) is 0 Å². The Morgan fingerprint density at radius 2 is 2.06 bits per heavy atom. The van der Waals surface area contributed by atoms with Gasteiger partial charge in [0.2, 0.25) is 0 Å². The summed E-state index contributed by atoms with van der Waals surface area (Å²) in [5.41, 5.74) is 2.50.